The van der Waals surface area contributed by atoms with Gasteiger partial charge in [0.15, 0.2) is 5.12 Å². The van der Waals surface area contributed by atoms with E-state index in [0.717, 1.165) is 30.4 Å². The Morgan fingerprint density at radius 2 is 1.65 bits per heavy atom. The van der Waals surface area contributed by atoms with Crippen LogP contribution in [-0.4, -0.2) is 91.3 Å². The summed E-state index contributed by atoms with van der Waals surface area (Å²) in [5, 5.41) is 4.90. The first kappa shape index (κ1) is 30.6. The van der Waals surface area contributed by atoms with E-state index < -0.39 is 17.2 Å². The van der Waals surface area contributed by atoms with E-state index in [-0.39, 0.29) is 35.2 Å². The fraction of sp³-hybridized carbons (Fsp3) is 0.630. The van der Waals surface area contributed by atoms with Crippen molar-refractivity contribution in [1.82, 2.24) is 20.4 Å². The molecule has 2 N–H and O–H groups in total. The van der Waals surface area contributed by atoms with Crippen molar-refractivity contribution in [2.24, 2.45) is 11.8 Å². The minimum Gasteiger partial charge on any atom is -0.497 e. The standard InChI is InChI=1S/C27H42N4O5S/c1-18(2)15-22(24(37-19(3)32)17-25(33)31-13-11-30(5)12-14-31)26(34)29-23(27(35)28-4)16-20-7-9-21(36-6)10-8-20/h7-10,18,22-24H,11-17H2,1-6H3,(H,28,35)(H,29,34)/t22-,23+,24+/m1/s1. The predicted octanol–water partition coefficient (Wildman–Crippen LogP) is 1.94. The van der Waals surface area contributed by atoms with Crippen molar-refractivity contribution in [2.45, 2.75) is 51.3 Å². The van der Waals surface area contributed by atoms with E-state index in [4.69, 9.17) is 4.74 Å². The second kappa shape index (κ2) is 15.0. The third-order valence-corrected chi connectivity index (χ3v) is 7.67. The number of thioether (sulfide) groups is 1. The van der Waals surface area contributed by atoms with E-state index in [1.807, 2.05) is 50.1 Å². The lowest BCUT2D eigenvalue weighted by atomic mass is 9.90. The molecule has 37 heavy (non-hydrogen) atoms. The molecule has 0 bridgehead atoms. The van der Waals surface area contributed by atoms with Gasteiger partial charge in [0.2, 0.25) is 17.7 Å². The summed E-state index contributed by atoms with van der Waals surface area (Å²) < 4.78 is 5.20. The zero-order valence-electron chi connectivity index (χ0n) is 22.9. The number of ether oxygens (including phenoxy) is 1. The first-order valence-corrected chi connectivity index (χ1v) is 13.7. The lowest BCUT2D eigenvalue weighted by Crippen LogP contribution is -2.51. The van der Waals surface area contributed by atoms with Gasteiger partial charge in [-0.25, -0.2) is 0 Å². The van der Waals surface area contributed by atoms with Gasteiger partial charge in [-0.05, 0) is 37.1 Å². The van der Waals surface area contributed by atoms with Gasteiger partial charge >= 0.3 is 0 Å². The Morgan fingerprint density at radius 3 is 2.16 bits per heavy atom. The Balaban J connectivity index is 2.23. The van der Waals surface area contributed by atoms with E-state index in [2.05, 4.69) is 15.5 Å². The summed E-state index contributed by atoms with van der Waals surface area (Å²) in [5.41, 5.74) is 0.870. The number of methoxy groups -OCH3 is 1. The van der Waals surface area contributed by atoms with Crippen molar-refractivity contribution in [3.63, 3.8) is 0 Å². The van der Waals surface area contributed by atoms with Crippen LogP contribution in [0.3, 0.4) is 0 Å². The average molecular weight is 535 g/mol. The van der Waals surface area contributed by atoms with Crippen LogP contribution in [0.25, 0.3) is 0 Å². The summed E-state index contributed by atoms with van der Waals surface area (Å²) in [5.74, 6) is -0.416. The van der Waals surface area contributed by atoms with Gasteiger partial charge in [0.05, 0.1) is 13.0 Å². The highest BCUT2D eigenvalue weighted by Crippen LogP contribution is 2.30. The highest BCUT2D eigenvalue weighted by molar-refractivity contribution is 8.14. The molecule has 0 aliphatic carbocycles. The van der Waals surface area contributed by atoms with Crippen molar-refractivity contribution in [3.8, 4) is 5.75 Å². The minimum absolute atomic E-state index is 0.0468. The van der Waals surface area contributed by atoms with Crippen LogP contribution in [-0.2, 0) is 25.6 Å². The number of carbonyl (C=O) groups excluding carboxylic acids is 4. The second-order valence-electron chi connectivity index (χ2n) is 10.00. The number of benzene rings is 1. The molecule has 10 heteroatoms. The monoisotopic (exact) mass is 534 g/mol. The van der Waals surface area contributed by atoms with E-state index in [1.54, 1.807) is 7.11 Å². The molecule has 0 aromatic heterocycles. The van der Waals surface area contributed by atoms with E-state index in [0.29, 0.717) is 31.7 Å². The molecule has 1 heterocycles. The maximum absolute atomic E-state index is 13.7. The average Bonchev–Trinajstić information content (AvgIpc) is 2.86. The quantitative estimate of drug-likeness (QED) is 0.422. The summed E-state index contributed by atoms with van der Waals surface area (Å²) >= 11 is 1.05. The third-order valence-electron chi connectivity index (χ3n) is 6.54. The molecule has 1 aliphatic rings. The molecule has 1 aromatic carbocycles. The highest BCUT2D eigenvalue weighted by Gasteiger charge is 2.35. The van der Waals surface area contributed by atoms with Crippen LogP contribution in [0.15, 0.2) is 24.3 Å². The summed E-state index contributed by atoms with van der Waals surface area (Å²) in [6.45, 7) is 8.33. The molecule has 9 nitrogen and oxygen atoms in total. The largest absolute Gasteiger partial charge is 0.497 e. The normalized spacial score (nSPS) is 16.6. The fourth-order valence-corrected chi connectivity index (χ4v) is 5.48. The Kier molecular flexibility index (Phi) is 12.4. The van der Waals surface area contributed by atoms with Crippen LogP contribution >= 0.6 is 11.8 Å². The number of nitrogens with one attached hydrogen (secondary N) is 2. The van der Waals surface area contributed by atoms with Gasteiger partial charge in [-0.2, -0.15) is 0 Å². The number of hydrogen-bond acceptors (Lipinski definition) is 7. The van der Waals surface area contributed by atoms with Crippen molar-refractivity contribution in [3.05, 3.63) is 29.8 Å². The number of piperazine rings is 1. The molecule has 0 radical (unpaired) electrons. The van der Waals surface area contributed by atoms with Gasteiger partial charge in [0, 0.05) is 58.2 Å². The van der Waals surface area contributed by atoms with Crippen LogP contribution < -0.4 is 15.4 Å². The lowest BCUT2D eigenvalue weighted by Gasteiger charge is -2.34. The van der Waals surface area contributed by atoms with Crippen molar-refractivity contribution in [1.29, 1.82) is 0 Å². The molecule has 1 aliphatic heterocycles. The lowest BCUT2D eigenvalue weighted by molar-refractivity contribution is -0.134. The Labute approximate surface area is 225 Å². The number of rotatable bonds is 12. The van der Waals surface area contributed by atoms with Gasteiger partial charge in [0.1, 0.15) is 11.8 Å². The molecular formula is C27H42N4O5S. The van der Waals surface area contributed by atoms with Crippen molar-refractivity contribution < 1.29 is 23.9 Å². The van der Waals surface area contributed by atoms with E-state index >= 15 is 0 Å². The Bertz CT molecular complexity index is 916. The Morgan fingerprint density at radius 1 is 1.03 bits per heavy atom. The van der Waals surface area contributed by atoms with Gasteiger partial charge in [-0.1, -0.05) is 37.7 Å². The maximum Gasteiger partial charge on any atom is 0.242 e. The zero-order chi connectivity index (χ0) is 27.5. The van der Waals surface area contributed by atoms with Gasteiger partial charge in [0.25, 0.3) is 0 Å². The molecule has 3 atom stereocenters. The summed E-state index contributed by atoms with van der Waals surface area (Å²) in [6, 6.07) is 6.54. The molecule has 0 spiro atoms. The third kappa shape index (κ3) is 10.0. The molecule has 206 valence electrons. The SMILES string of the molecule is CNC(=O)[C@H](Cc1ccc(OC)cc1)NC(=O)[C@H](CC(C)C)[C@H](CC(=O)N1CCN(C)CC1)SC(C)=O. The summed E-state index contributed by atoms with van der Waals surface area (Å²) in [4.78, 5) is 55.7. The zero-order valence-corrected chi connectivity index (χ0v) is 23.7. The van der Waals surface area contributed by atoms with Crippen LogP contribution in [0.4, 0.5) is 0 Å². The van der Waals surface area contributed by atoms with Crippen LogP contribution in [0, 0.1) is 11.8 Å². The van der Waals surface area contributed by atoms with Crippen LogP contribution in [0.2, 0.25) is 0 Å². The summed E-state index contributed by atoms with van der Waals surface area (Å²) in [6.07, 6.45) is 0.895. The molecule has 0 saturated carbocycles. The van der Waals surface area contributed by atoms with Crippen LogP contribution in [0.5, 0.6) is 5.75 Å². The molecule has 1 fully saturated rings. The molecule has 1 saturated heterocycles. The molecule has 0 unspecified atom stereocenters. The van der Waals surface area contributed by atoms with Gasteiger partial charge in [-0.3, -0.25) is 19.2 Å². The van der Waals surface area contributed by atoms with Crippen molar-refractivity contribution >= 4 is 34.6 Å². The topological polar surface area (TPSA) is 108 Å². The molecular weight excluding hydrogens is 492 g/mol. The van der Waals surface area contributed by atoms with Gasteiger partial charge < -0.3 is 25.2 Å². The minimum atomic E-state index is -0.795. The summed E-state index contributed by atoms with van der Waals surface area (Å²) in [7, 11) is 5.14. The smallest absolute Gasteiger partial charge is 0.242 e. The molecule has 2 rings (SSSR count). The maximum atomic E-state index is 13.7. The fourth-order valence-electron chi connectivity index (χ4n) is 4.43. The first-order chi connectivity index (χ1) is 17.5. The molecule has 1 aromatic rings. The molecule has 3 amide bonds. The van der Waals surface area contributed by atoms with E-state index in [9.17, 15) is 19.2 Å². The second-order valence-corrected chi connectivity index (χ2v) is 11.4. The Hall–Kier alpha value is -2.59. The highest BCUT2D eigenvalue weighted by atomic mass is 32.2. The number of amides is 3. The predicted molar refractivity (Wildman–Crippen MR) is 146 cm³/mol. The van der Waals surface area contributed by atoms with Crippen LogP contribution in [0.1, 0.15) is 39.2 Å². The van der Waals surface area contributed by atoms with E-state index in [1.165, 1.54) is 14.0 Å². The number of carbonyl (C=O) groups is 4. The van der Waals surface area contributed by atoms with Gasteiger partial charge in [-0.15, -0.1) is 0 Å². The number of likely N-dealkylation sites (N-methyl/N-ethyl adjacent to an activating group) is 2. The number of hydrogen-bond donors (Lipinski definition) is 2. The van der Waals surface area contributed by atoms with Crippen molar-refractivity contribution in [2.75, 3.05) is 47.4 Å². The first-order valence-electron chi connectivity index (χ1n) is 12.8. The number of nitrogens with zero attached hydrogens (tertiary/aromatic N) is 2.